The fourth-order valence-electron chi connectivity index (χ4n) is 1.17. The van der Waals surface area contributed by atoms with Gasteiger partial charge in [0.05, 0.1) is 0 Å². The van der Waals surface area contributed by atoms with Crippen LogP contribution in [0.2, 0.25) is 0 Å². The SMILES string of the molecule is Cl.N[C@H]1C[C@@H](O)O[C@@H](C(F)(F)F)[C@@H]1O. The van der Waals surface area contributed by atoms with Gasteiger partial charge in [0.15, 0.2) is 12.4 Å². The zero-order chi connectivity index (χ0) is 10.2. The Balaban J connectivity index is 0.00000169. The largest absolute Gasteiger partial charge is 0.417 e. The van der Waals surface area contributed by atoms with E-state index in [0.717, 1.165) is 0 Å². The van der Waals surface area contributed by atoms with E-state index in [1.807, 2.05) is 0 Å². The van der Waals surface area contributed by atoms with Crippen molar-refractivity contribution in [3.8, 4) is 0 Å². The molecule has 1 aliphatic rings. The fraction of sp³-hybridized carbons (Fsp3) is 1.00. The van der Waals surface area contributed by atoms with Crippen LogP contribution in [0.15, 0.2) is 0 Å². The Bertz CT molecular complexity index is 192. The fourth-order valence-corrected chi connectivity index (χ4v) is 1.17. The van der Waals surface area contributed by atoms with Crippen molar-refractivity contribution >= 4 is 12.4 Å². The van der Waals surface area contributed by atoms with Gasteiger partial charge >= 0.3 is 6.18 Å². The first-order chi connectivity index (χ1) is 5.82. The molecule has 1 aliphatic heterocycles. The second-order valence-corrected chi connectivity index (χ2v) is 2.94. The summed E-state index contributed by atoms with van der Waals surface area (Å²) in [7, 11) is 0. The van der Waals surface area contributed by atoms with Gasteiger partial charge in [-0.05, 0) is 0 Å². The van der Waals surface area contributed by atoms with E-state index in [1.54, 1.807) is 0 Å². The molecule has 0 unspecified atom stereocenters. The third kappa shape index (κ3) is 2.96. The van der Waals surface area contributed by atoms with Crippen molar-refractivity contribution in [2.24, 2.45) is 5.73 Å². The molecule has 0 aromatic carbocycles. The molecule has 14 heavy (non-hydrogen) atoms. The summed E-state index contributed by atoms with van der Waals surface area (Å²) in [5, 5.41) is 17.8. The van der Waals surface area contributed by atoms with Crippen molar-refractivity contribution in [1.82, 2.24) is 0 Å². The minimum absolute atomic E-state index is 0. The van der Waals surface area contributed by atoms with Gasteiger partial charge in [-0.2, -0.15) is 13.2 Å². The number of rotatable bonds is 0. The molecule has 1 saturated heterocycles. The Labute approximate surface area is 84.2 Å². The number of halogens is 4. The maximum Gasteiger partial charge on any atom is 0.417 e. The van der Waals surface area contributed by atoms with Gasteiger partial charge in [0, 0.05) is 12.5 Å². The number of hydrogen-bond donors (Lipinski definition) is 3. The summed E-state index contributed by atoms with van der Waals surface area (Å²) < 4.78 is 40.4. The van der Waals surface area contributed by atoms with Gasteiger partial charge in [0.25, 0.3) is 0 Å². The number of hydrogen-bond acceptors (Lipinski definition) is 4. The van der Waals surface area contributed by atoms with Gasteiger partial charge in [-0.1, -0.05) is 0 Å². The zero-order valence-electron chi connectivity index (χ0n) is 6.94. The van der Waals surface area contributed by atoms with Crippen LogP contribution in [0.1, 0.15) is 6.42 Å². The van der Waals surface area contributed by atoms with E-state index in [0.29, 0.717) is 0 Å². The van der Waals surface area contributed by atoms with Crippen molar-refractivity contribution in [3.63, 3.8) is 0 Å². The second-order valence-electron chi connectivity index (χ2n) is 2.94. The van der Waals surface area contributed by atoms with Crippen LogP contribution in [0, 0.1) is 0 Å². The molecular weight excluding hydrogens is 227 g/mol. The molecule has 0 aromatic rings. The van der Waals surface area contributed by atoms with Crippen LogP contribution in [-0.4, -0.2) is 40.9 Å². The molecule has 86 valence electrons. The maximum atomic E-state index is 12.1. The predicted molar refractivity (Wildman–Crippen MR) is 42.8 cm³/mol. The summed E-state index contributed by atoms with van der Waals surface area (Å²) in [4.78, 5) is 0. The van der Waals surface area contributed by atoms with Crippen LogP contribution >= 0.6 is 12.4 Å². The lowest BCUT2D eigenvalue weighted by Gasteiger charge is -2.36. The first-order valence-electron chi connectivity index (χ1n) is 3.66. The smallest absolute Gasteiger partial charge is 0.388 e. The molecular formula is C6H11ClF3NO3. The van der Waals surface area contributed by atoms with Crippen molar-refractivity contribution in [2.75, 3.05) is 0 Å². The highest BCUT2D eigenvalue weighted by Crippen LogP contribution is 2.31. The van der Waals surface area contributed by atoms with Crippen LogP contribution < -0.4 is 5.73 Å². The molecule has 0 aliphatic carbocycles. The van der Waals surface area contributed by atoms with Gasteiger partial charge in [0.1, 0.15) is 6.10 Å². The summed E-state index contributed by atoms with van der Waals surface area (Å²) in [6.07, 6.45) is -10.7. The van der Waals surface area contributed by atoms with E-state index in [9.17, 15) is 13.2 Å². The van der Waals surface area contributed by atoms with Gasteiger partial charge in [0.2, 0.25) is 0 Å². The highest BCUT2D eigenvalue weighted by Gasteiger charge is 2.51. The molecule has 1 heterocycles. The molecule has 4 nitrogen and oxygen atoms in total. The number of aliphatic hydroxyl groups is 2. The molecule has 0 bridgehead atoms. The first kappa shape index (κ1) is 13.9. The lowest BCUT2D eigenvalue weighted by molar-refractivity contribution is -0.306. The van der Waals surface area contributed by atoms with Crippen LogP contribution in [0.4, 0.5) is 13.2 Å². The molecule has 0 amide bonds. The van der Waals surface area contributed by atoms with E-state index in [-0.39, 0.29) is 18.8 Å². The Kier molecular flexibility index (Phi) is 4.60. The molecule has 0 aromatic heterocycles. The van der Waals surface area contributed by atoms with Gasteiger partial charge in [-0.15, -0.1) is 12.4 Å². The first-order valence-corrected chi connectivity index (χ1v) is 3.66. The van der Waals surface area contributed by atoms with Crippen LogP contribution in [0.5, 0.6) is 0 Å². The molecule has 0 saturated carbocycles. The third-order valence-electron chi connectivity index (χ3n) is 1.85. The lowest BCUT2D eigenvalue weighted by Crippen LogP contribution is -2.57. The number of ether oxygens (including phenoxy) is 1. The van der Waals surface area contributed by atoms with Gasteiger partial charge < -0.3 is 20.7 Å². The second kappa shape index (κ2) is 4.63. The number of aliphatic hydroxyl groups excluding tert-OH is 2. The molecule has 4 atom stereocenters. The van der Waals surface area contributed by atoms with Gasteiger partial charge in [-0.25, -0.2) is 0 Å². The summed E-state index contributed by atoms with van der Waals surface area (Å²) in [6.45, 7) is 0. The summed E-state index contributed by atoms with van der Waals surface area (Å²) in [5.74, 6) is 0. The number of alkyl halides is 3. The Morgan fingerprint density at radius 1 is 1.29 bits per heavy atom. The third-order valence-corrected chi connectivity index (χ3v) is 1.85. The highest BCUT2D eigenvalue weighted by molar-refractivity contribution is 5.85. The topological polar surface area (TPSA) is 75.7 Å². The molecule has 0 radical (unpaired) electrons. The number of nitrogens with two attached hydrogens (primary N) is 1. The summed E-state index contributed by atoms with van der Waals surface area (Å²) >= 11 is 0. The van der Waals surface area contributed by atoms with Crippen molar-refractivity contribution in [3.05, 3.63) is 0 Å². The standard InChI is InChI=1S/C6H10F3NO3.ClH/c7-6(8,9)5-4(12)2(10)1-3(11)13-5;/h2-5,11-12H,1,10H2;1H/t2-,3-,4+,5+;/m0./s1. The predicted octanol–water partition coefficient (Wildman–Crippen LogP) is -0.234. The van der Waals surface area contributed by atoms with E-state index < -0.39 is 30.7 Å². The molecule has 1 rings (SSSR count). The van der Waals surface area contributed by atoms with E-state index in [4.69, 9.17) is 15.9 Å². The van der Waals surface area contributed by atoms with E-state index in [2.05, 4.69) is 4.74 Å². The Morgan fingerprint density at radius 3 is 2.21 bits per heavy atom. The normalized spacial score (nSPS) is 39.0. The molecule has 1 fully saturated rings. The Morgan fingerprint density at radius 2 is 1.79 bits per heavy atom. The average molecular weight is 238 g/mol. The monoisotopic (exact) mass is 237 g/mol. The molecule has 0 spiro atoms. The minimum Gasteiger partial charge on any atom is -0.388 e. The zero-order valence-corrected chi connectivity index (χ0v) is 7.76. The van der Waals surface area contributed by atoms with Crippen LogP contribution in [0.25, 0.3) is 0 Å². The quantitative estimate of drug-likeness (QED) is 0.544. The Hall–Kier alpha value is -0.0800. The summed E-state index contributed by atoms with van der Waals surface area (Å²) in [6, 6.07) is -1.12. The molecule has 8 heteroatoms. The van der Waals surface area contributed by atoms with E-state index in [1.165, 1.54) is 0 Å². The van der Waals surface area contributed by atoms with E-state index >= 15 is 0 Å². The van der Waals surface area contributed by atoms with Crippen molar-refractivity contribution < 1.29 is 28.1 Å². The lowest BCUT2D eigenvalue weighted by atomic mass is 9.99. The maximum absolute atomic E-state index is 12.1. The van der Waals surface area contributed by atoms with Crippen molar-refractivity contribution in [2.45, 2.75) is 37.1 Å². The summed E-state index contributed by atoms with van der Waals surface area (Å²) in [5.41, 5.74) is 5.17. The highest BCUT2D eigenvalue weighted by atomic mass is 35.5. The molecule has 4 N–H and O–H groups in total. The van der Waals surface area contributed by atoms with Crippen molar-refractivity contribution in [1.29, 1.82) is 0 Å². The minimum atomic E-state index is -4.71. The average Bonchev–Trinajstić information content (AvgIpc) is 1.94. The van der Waals surface area contributed by atoms with Crippen LogP contribution in [0.3, 0.4) is 0 Å². The van der Waals surface area contributed by atoms with Crippen LogP contribution in [-0.2, 0) is 4.74 Å². The van der Waals surface area contributed by atoms with Gasteiger partial charge in [-0.3, -0.25) is 0 Å².